The molecule has 0 N–H and O–H groups in total. The number of pyridine rings is 1. The number of hydrogen-bond acceptors (Lipinski definition) is 4. The van der Waals surface area contributed by atoms with Crippen LogP contribution in [0.15, 0.2) is 170 Å². The molecule has 9 aromatic rings. The van der Waals surface area contributed by atoms with Crippen molar-refractivity contribution in [2.24, 2.45) is 0 Å². The topological polar surface area (TPSA) is 51.6 Å². The van der Waals surface area contributed by atoms with Crippen LogP contribution in [0.3, 0.4) is 0 Å². The van der Waals surface area contributed by atoms with Crippen LogP contribution >= 0.6 is 0 Å². The molecule has 7 aromatic carbocycles. The van der Waals surface area contributed by atoms with Crippen LogP contribution in [0.2, 0.25) is 0 Å². The Morgan fingerprint density at radius 1 is 0.269 bits per heavy atom. The minimum absolute atomic E-state index is 0.627. The van der Waals surface area contributed by atoms with Gasteiger partial charge in [-0.05, 0) is 105 Å². The van der Waals surface area contributed by atoms with Crippen molar-refractivity contribution in [3.63, 3.8) is 0 Å². The summed E-state index contributed by atoms with van der Waals surface area (Å²) in [6.45, 7) is 4.08. The standard InChI is InChI=1S/C48H34N4/c1-31-25-40(26-32(2)49-31)33-17-19-34(20-18-33)41-28-42(38-23-24-45-39(27-38)22-21-35-11-9-10-16-44(35)45)30-43(29-41)48-51-46(36-12-5-3-6-13-36)50-47(52-48)37-14-7-4-8-15-37/h3-30H,1-2H3. The van der Waals surface area contributed by atoms with Gasteiger partial charge < -0.3 is 0 Å². The fourth-order valence-corrected chi connectivity index (χ4v) is 7.08. The Labute approximate surface area is 303 Å². The predicted octanol–water partition coefficient (Wildman–Crippen LogP) is 12.2. The van der Waals surface area contributed by atoms with Crippen molar-refractivity contribution in [1.82, 2.24) is 19.9 Å². The Kier molecular flexibility index (Phi) is 7.90. The normalized spacial score (nSPS) is 11.3. The Bertz CT molecular complexity index is 2660. The smallest absolute Gasteiger partial charge is 0.164 e. The third-order valence-corrected chi connectivity index (χ3v) is 9.60. The first kappa shape index (κ1) is 31.2. The van der Waals surface area contributed by atoms with E-state index in [0.29, 0.717) is 17.5 Å². The monoisotopic (exact) mass is 666 g/mol. The van der Waals surface area contributed by atoms with E-state index < -0.39 is 0 Å². The van der Waals surface area contributed by atoms with Gasteiger partial charge in [0.05, 0.1) is 0 Å². The van der Waals surface area contributed by atoms with Crippen molar-refractivity contribution >= 4 is 21.5 Å². The van der Waals surface area contributed by atoms with Crippen LogP contribution in [0.5, 0.6) is 0 Å². The summed E-state index contributed by atoms with van der Waals surface area (Å²) in [6, 6.07) is 59.8. The van der Waals surface area contributed by atoms with Gasteiger partial charge in [0.25, 0.3) is 0 Å². The number of benzene rings is 7. The van der Waals surface area contributed by atoms with Gasteiger partial charge >= 0.3 is 0 Å². The van der Waals surface area contributed by atoms with Crippen LogP contribution in [-0.4, -0.2) is 19.9 Å². The molecule has 0 saturated heterocycles. The largest absolute Gasteiger partial charge is 0.258 e. The summed E-state index contributed by atoms with van der Waals surface area (Å²) < 4.78 is 0. The van der Waals surface area contributed by atoms with Crippen LogP contribution in [-0.2, 0) is 0 Å². The third-order valence-electron chi connectivity index (χ3n) is 9.60. The maximum absolute atomic E-state index is 5.10. The van der Waals surface area contributed by atoms with E-state index in [1.807, 2.05) is 74.5 Å². The zero-order chi connectivity index (χ0) is 35.0. The summed E-state index contributed by atoms with van der Waals surface area (Å²) in [4.78, 5) is 19.7. The van der Waals surface area contributed by atoms with Gasteiger partial charge in [0.15, 0.2) is 17.5 Å². The summed E-state index contributed by atoms with van der Waals surface area (Å²) in [5, 5.41) is 4.94. The van der Waals surface area contributed by atoms with Crippen LogP contribution in [0.25, 0.3) is 89.1 Å². The highest BCUT2D eigenvalue weighted by molar-refractivity contribution is 6.08. The van der Waals surface area contributed by atoms with E-state index in [0.717, 1.165) is 55.9 Å². The lowest BCUT2D eigenvalue weighted by Crippen LogP contribution is -2.00. The molecular weight excluding hydrogens is 633 g/mol. The lowest BCUT2D eigenvalue weighted by molar-refractivity contribution is 1.07. The summed E-state index contributed by atoms with van der Waals surface area (Å²) in [6.07, 6.45) is 0. The van der Waals surface area contributed by atoms with E-state index >= 15 is 0 Å². The van der Waals surface area contributed by atoms with Crippen molar-refractivity contribution in [2.75, 3.05) is 0 Å². The molecule has 4 heteroatoms. The van der Waals surface area contributed by atoms with Crippen molar-refractivity contribution < 1.29 is 0 Å². The maximum Gasteiger partial charge on any atom is 0.164 e. The minimum Gasteiger partial charge on any atom is -0.258 e. The summed E-state index contributed by atoms with van der Waals surface area (Å²) in [5.74, 6) is 1.91. The van der Waals surface area contributed by atoms with Gasteiger partial charge in [-0.1, -0.05) is 133 Å². The molecule has 0 aliphatic heterocycles. The summed E-state index contributed by atoms with van der Waals surface area (Å²) in [5.41, 5.74) is 11.6. The lowest BCUT2D eigenvalue weighted by Gasteiger charge is -2.14. The number of fused-ring (bicyclic) bond motifs is 3. The van der Waals surface area contributed by atoms with E-state index in [4.69, 9.17) is 15.0 Å². The Morgan fingerprint density at radius 2 is 0.712 bits per heavy atom. The van der Waals surface area contributed by atoms with E-state index in [1.165, 1.54) is 27.1 Å². The molecule has 0 atom stereocenters. The zero-order valence-corrected chi connectivity index (χ0v) is 29.0. The highest BCUT2D eigenvalue weighted by Gasteiger charge is 2.15. The number of hydrogen-bond donors (Lipinski definition) is 0. The SMILES string of the molecule is Cc1cc(-c2ccc(-c3cc(-c4ccc5c(ccc6ccccc65)c4)cc(-c4nc(-c5ccccc5)nc(-c5ccccc5)n4)c3)cc2)cc(C)n1. The molecule has 0 amide bonds. The molecule has 52 heavy (non-hydrogen) atoms. The molecule has 0 saturated carbocycles. The fourth-order valence-electron chi connectivity index (χ4n) is 7.08. The van der Waals surface area contributed by atoms with Gasteiger partial charge in [-0.25, -0.2) is 15.0 Å². The fraction of sp³-hybridized carbons (Fsp3) is 0.0417. The highest BCUT2D eigenvalue weighted by atomic mass is 15.0. The Hall–Kier alpha value is -6.78. The van der Waals surface area contributed by atoms with Gasteiger partial charge in [-0.3, -0.25) is 4.98 Å². The summed E-state index contributed by atoms with van der Waals surface area (Å²) >= 11 is 0. The second-order valence-corrected chi connectivity index (χ2v) is 13.3. The van der Waals surface area contributed by atoms with Gasteiger partial charge in [-0.2, -0.15) is 0 Å². The van der Waals surface area contributed by atoms with E-state index in [-0.39, 0.29) is 0 Å². The second kappa shape index (κ2) is 13.2. The Balaban J connectivity index is 1.23. The first-order chi connectivity index (χ1) is 25.5. The summed E-state index contributed by atoms with van der Waals surface area (Å²) in [7, 11) is 0. The molecule has 0 aliphatic rings. The molecule has 0 bridgehead atoms. The van der Waals surface area contributed by atoms with E-state index in [2.05, 4.69) is 114 Å². The second-order valence-electron chi connectivity index (χ2n) is 13.3. The average Bonchev–Trinajstić information content (AvgIpc) is 3.20. The number of aromatic nitrogens is 4. The van der Waals surface area contributed by atoms with Crippen molar-refractivity contribution in [1.29, 1.82) is 0 Å². The molecule has 246 valence electrons. The Morgan fingerprint density at radius 3 is 1.33 bits per heavy atom. The van der Waals surface area contributed by atoms with Crippen molar-refractivity contribution in [2.45, 2.75) is 13.8 Å². The molecule has 0 spiro atoms. The molecule has 2 aromatic heterocycles. The first-order valence-electron chi connectivity index (χ1n) is 17.5. The van der Waals surface area contributed by atoms with Crippen molar-refractivity contribution in [3.8, 4) is 67.5 Å². The van der Waals surface area contributed by atoms with Gasteiger partial charge in [0.2, 0.25) is 0 Å². The molecule has 0 fully saturated rings. The van der Waals surface area contributed by atoms with Crippen LogP contribution in [0, 0.1) is 13.8 Å². The molecule has 2 heterocycles. The predicted molar refractivity (Wildman–Crippen MR) is 215 cm³/mol. The molecule has 0 aliphatic carbocycles. The molecule has 9 rings (SSSR count). The van der Waals surface area contributed by atoms with E-state index in [9.17, 15) is 0 Å². The average molecular weight is 667 g/mol. The highest BCUT2D eigenvalue weighted by Crippen LogP contribution is 2.36. The van der Waals surface area contributed by atoms with Gasteiger partial charge in [0.1, 0.15) is 0 Å². The van der Waals surface area contributed by atoms with E-state index in [1.54, 1.807) is 0 Å². The maximum atomic E-state index is 5.10. The lowest BCUT2D eigenvalue weighted by atomic mass is 9.93. The van der Waals surface area contributed by atoms with Crippen molar-refractivity contribution in [3.05, 3.63) is 181 Å². The molecular formula is C48H34N4. The molecule has 0 radical (unpaired) electrons. The molecule has 4 nitrogen and oxygen atoms in total. The number of rotatable bonds is 6. The quantitative estimate of drug-likeness (QED) is 0.166. The zero-order valence-electron chi connectivity index (χ0n) is 29.0. The molecule has 0 unspecified atom stereocenters. The van der Waals surface area contributed by atoms with Crippen LogP contribution in [0.4, 0.5) is 0 Å². The third kappa shape index (κ3) is 6.12. The van der Waals surface area contributed by atoms with Crippen LogP contribution < -0.4 is 0 Å². The number of nitrogens with zero attached hydrogens (tertiary/aromatic N) is 4. The number of aryl methyl sites for hydroxylation is 2. The van der Waals surface area contributed by atoms with Gasteiger partial charge in [-0.15, -0.1) is 0 Å². The van der Waals surface area contributed by atoms with Gasteiger partial charge in [0, 0.05) is 28.1 Å². The van der Waals surface area contributed by atoms with Crippen LogP contribution in [0.1, 0.15) is 11.4 Å². The first-order valence-corrected chi connectivity index (χ1v) is 17.5. The minimum atomic E-state index is 0.627.